The quantitative estimate of drug-likeness (QED) is 0.776. The van der Waals surface area contributed by atoms with E-state index in [1.807, 2.05) is 6.92 Å². The number of amides is 1. The molecule has 1 saturated heterocycles. The average molecular weight is 360 g/mol. The lowest BCUT2D eigenvalue weighted by atomic mass is 10.1. The molecule has 0 aliphatic carbocycles. The monoisotopic (exact) mass is 360 g/mol. The van der Waals surface area contributed by atoms with E-state index in [0.717, 1.165) is 37.9 Å². The number of hydrogen-bond acceptors (Lipinski definition) is 4. The van der Waals surface area contributed by atoms with Gasteiger partial charge in [0.15, 0.2) is 11.7 Å². The first-order valence-corrected chi connectivity index (χ1v) is 9.22. The summed E-state index contributed by atoms with van der Waals surface area (Å²) in [6.45, 7) is 2.88. The Bertz CT molecular complexity index is 708. The maximum atomic E-state index is 13.0. The fourth-order valence-corrected chi connectivity index (χ4v) is 3.12. The van der Waals surface area contributed by atoms with Crippen molar-refractivity contribution in [3.63, 3.8) is 0 Å². The average Bonchev–Trinajstić information content (AvgIpc) is 3.31. The molecule has 1 aromatic carbocycles. The molecule has 0 bridgehead atoms. The Balaban J connectivity index is 1.40. The van der Waals surface area contributed by atoms with Gasteiger partial charge in [0.2, 0.25) is 5.91 Å². The van der Waals surface area contributed by atoms with Crippen molar-refractivity contribution >= 4 is 5.91 Å². The van der Waals surface area contributed by atoms with Crippen LogP contribution in [-0.2, 0) is 16.0 Å². The summed E-state index contributed by atoms with van der Waals surface area (Å²) in [4.78, 5) is 16.3. The van der Waals surface area contributed by atoms with E-state index in [9.17, 15) is 9.18 Å². The Morgan fingerprint density at radius 3 is 2.92 bits per heavy atom. The molecule has 1 amide bonds. The second-order valence-electron chi connectivity index (χ2n) is 6.81. The predicted molar refractivity (Wildman–Crippen MR) is 96.0 cm³/mol. The van der Waals surface area contributed by atoms with Crippen molar-refractivity contribution in [2.24, 2.45) is 0 Å². The number of carbonyl (C=O) groups is 1. The van der Waals surface area contributed by atoms with Crippen LogP contribution < -0.4 is 5.32 Å². The number of oxazole rings is 1. The van der Waals surface area contributed by atoms with Gasteiger partial charge in [-0.05, 0) is 56.9 Å². The van der Waals surface area contributed by atoms with E-state index in [1.165, 1.54) is 12.1 Å². The lowest BCUT2D eigenvalue weighted by molar-refractivity contribution is -0.121. The van der Waals surface area contributed by atoms with Crippen molar-refractivity contribution < 1.29 is 18.3 Å². The van der Waals surface area contributed by atoms with Crippen molar-refractivity contribution in [1.82, 2.24) is 10.3 Å². The molecule has 0 radical (unpaired) electrons. The molecule has 2 atom stereocenters. The van der Waals surface area contributed by atoms with E-state index in [1.54, 1.807) is 18.3 Å². The number of rotatable bonds is 8. The third kappa shape index (κ3) is 5.39. The number of benzene rings is 1. The third-order valence-corrected chi connectivity index (χ3v) is 4.60. The zero-order valence-corrected chi connectivity index (χ0v) is 15.0. The van der Waals surface area contributed by atoms with E-state index in [-0.39, 0.29) is 17.8 Å². The van der Waals surface area contributed by atoms with E-state index < -0.39 is 0 Å². The Morgan fingerprint density at radius 1 is 1.38 bits per heavy atom. The Hall–Kier alpha value is -2.21. The maximum absolute atomic E-state index is 13.0. The molecule has 2 aromatic rings. The van der Waals surface area contributed by atoms with Gasteiger partial charge in [-0.3, -0.25) is 4.79 Å². The van der Waals surface area contributed by atoms with Gasteiger partial charge in [0.05, 0.1) is 12.3 Å². The summed E-state index contributed by atoms with van der Waals surface area (Å²) in [6, 6.07) is 6.17. The minimum absolute atomic E-state index is 0.00799. The molecule has 1 aliphatic heterocycles. The van der Waals surface area contributed by atoms with Gasteiger partial charge in [-0.15, -0.1) is 0 Å². The SMILES string of the molecule is CC(CCC1CCCO1)NC(=O)CCc1ncc(-c2ccc(F)cc2)o1. The van der Waals surface area contributed by atoms with Gasteiger partial charge in [-0.25, -0.2) is 9.37 Å². The van der Waals surface area contributed by atoms with Crippen molar-refractivity contribution in [2.45, 2.75) is 57.6 Å². The summed E-state index contributed by atoms with van der Waals surface area (Å²) in [7, 11) is 0. The molecule has 26 heavy (non-hydrogen) atoms. The molecular weight excluding hydrogens is 335 g/mol. The summed E-state index contributed by atoms with van der Waals surface area (Å²) >= 11 is 0. The van der Waals surface area contributed by atoms with Crippen LogP contribution in [-0.4, -0.2) is 29.6 Å². The minimum atomic E-state index is -0.293. The predicted octanol–water partition coefficient (Wildman–Crippen LogP) is 3.88. The summed E-state index contributed by atoms with van der Waals surface area (Å²) < 4.78 is 24.2. The standard InChI is InChI=1S/C20H25FN2O3/c1-14(4-9-17-3-2-12-25-17)23-19(24)10-11-20-22-13-18(26-20)15-5-7-16(21)8-6-15/h5-8,13-14,17H,2-4,9-12H2,1H3,(H,23,24). The van der Waals surface area contributed by atoms with Gasteiger partial charge < -0.3 is 14.5 Å². The summed E-state index contributed by atoms with van der Waals surface area (Å²) in [5, 5.41) is 3.01. The molecule has 0 saturated carbocycles. The van der Waals surface area contributed by atoms with Gasteiger partial charge >= 0.3 is 0 Å². The van der Waals surface area contributed by atoms with Crippen LogP contribution in [0, 0.1) is 5.82 Å². The highest BCUT2D eigenvalue weighted by molar-refractivity contribution is 5.76. The van der Waals surface area contributed by atoms with E-state index in [2.05, 4.69) is 10.3 Å². The largest absolute Gasteiger partial charge is 0.441 e. The fraction of sp³-hybridized carbons (Fsp3) is 0.500. The van der Waals surface area contributed by atoms with E-state index in [0.29, 0.717) is 30.6 Å². The normalized spacial score (nSPS) is 18.0. The van der Waals surface area contributed by atoms with Crippen molar-refractivity contribution in [1.29, 1.82) is 0 Å². The minimum Gasteiger partial charge on any atom is -0.441 e. The molecule has 1 N–H and O–H groups in total. The summed E-state index contributed by atoms with van der Waals surface area (Å²) in [5.74, 6) is 0.780. The maximum Gasteiger partial charge on any atom is 0.220 e. The molecule has 3 rings (SSSR count). The number of halogens is 1. The van der Waals surface area contributed by atoms with Crippen LogP contribution in [0.5, 0.6) is 0 Å². The number of carbonyl (C=O) groups excluding carboxylic acids is 1. The number of hydrogen-bond donors (Lipinski definition) is 1. The molecule has 6 heteroatoms. The molecule has 1 aliphatic rings. The van der Waals surface area contributed by atoms with Crippen LogP contribution in [0.3, 0.4) is 0 Å². The first-order chi connectivity index (χ1) is 12.6. The van der Waals surface area contributed by atoms with Crippen LogP contribution in [0.1, 0.15) is 44.9 Å². The van der Waals surface area contributed by atoms with Gasteiger partial charge in [0.25, 0.3) is 0 Å². The molecule has 1 fully saturated rings. The first kappa shape index (κ1) is 18.6. The topological polar surface area (TPSA) is 64.4 Å². The fourth-order valence-electron chi connectivity index (χ4n) is 3.12. The van der Waals surface area contributed by atoms with Crippen molar-refractivity contribution in [3.8, 4) is 11.3 Å². The highest BCUT2D eigenvalue weighted by atomic mass is 19.1. The number of nitrogens with one attached hydrogen (secondary N) is 1. The molecule has 0 spiro atoms. The van der Waals surface area contributed by atoms with Crippen LogP contribution in [0.15, 0.2) is 34.9 Å². The van der Waals surface area contributed by atoms with Crippen LogP contribution >= 0.6 is 0 Å². The third-order valence-electron chi connectivity index (χ3n) is 4.60. The zero-order valence-electron chi connectivity index (χ0n) is 15.0. The molecule has 140 valence electrons. The lowest BCUT2D eigenvalue weighted by Gasteiger charge is -2.16. The number of ether oxygens (including phenoxy) is 1. The Kier molecular flexibility index (Phi) is 6.39. The van der Waals surface area contributed by atoms with Gasteiger partial charge in [-0.1, -0.05) is 0 Å². The summed E-state index contributed by atoms with van der Waals surface area (Å²) in [6.07, 6.45) is 6.89. The first-order valence-electron chi connectivity index (χ1n) is 9.22. The lowest BCUT2D eigenvalue weighted by Crippen LogP contribution is -2.33. The van der Waals surface area contributed by atoms with E-state index >= 15 is 0 Å². The van der Waals surface area contributed by atoms with Crippen LogP contribution in [0.25, 0.3) is 11.3 Å². The highest BCUT2D eigenvalue weighted by Gasteiger charge is 2.17. The Labute approximate surface area is 153 Å². The molecule has 2 heterocycles. The zero-order chi connectivity index (χ0) is 18.4. The van der Waals surface area contributed by atoms with Crippen molar-refractivity contribution in [3.05, 3.63) is 42.2 Å². The smallest absolute Gasteiger partial charge is 0.220 e. The molecule has 1 aromatic heterocycles. The molecule has 5 nitrogen and oxygen atoms in total. The van der Waals surface area contributed by atoms with Crippen LogP contribution in [0.4, 0.5) is 4.39 Å². The van der Waals surface area contributed by atoms with Gasteiger partial charge in [-0.2, -0.15) is 0 Å². The highest BCUT2D eigenvalue weighted by Crippen LogP contribution is 2.21. The van der Waals surface area contributed by atoms with E-state index in [4.69, 9.17) is 9.15 Å². The molecule has 2 unspecified atom stereocenters. The second kappa shape index (κ2) is 8.94. The Morgan fingerprint density at radius 2 is 2.19 bits per heavy atom. The number of nitrogens with zero attached hydrogens (tertiary/aromatic N) is 1. The van der Waals surface area contributed by atoms with Crippen molar-refractivity contribution in [2.75, 3.05) is 6.61 Å². The number of aromatic nitrogens is 1. The van der Waals surface area contributed by atoms with Gasteiger partial charge in [0, 0.05) is 31.1 Å². The van der Waals surface area contributed by atoms with Gasteiger partial charge in [0.1, 0.15) is 5.82 Å². The second-order valence-corrected chi connectivity index (χ2v) is 6.81. The van der Waals surface area contributed by atoms with Crippen LogP contribution in [0.2, 0.25) is 0 Å². The molecular formula is C20H25FN2O3. The number of aryl methyl sites for hydroxylation is 1. The summed E-state index contributed by atoms with van der Waals surface area (Å²) in [5.41, 5.74) is 0.761.